The summed E-state index contributed by atoms with van der Waals surface area (Å²) in [4.78, 5) is 11.7. The Morgan fingerprint density at radius 2 is 2.25 bits per heavy atom. The van der Waals surface area contributed by atoms with Crippen LogP contribution in [0.15, 0.2) is 24.3 Å². The molecule has 3 nitrogen and oxygen atoms in total. The maximum absolute atomic E-state index is 11.7. The van der Waals surface area contributed by atoms with Crippen molar-refractivity contribution in [1.82, 2.24) is 0 Å². The van der Waals surface area contributed by atoms with Crippen LogP contribution in [-0.4, -0.2) is 23.8 Å². The summed E-state index contributed by atoms with van der Waals surface area (Å²) in [6.45, 7) is 5.90. The van der Waals surface area contributed by atoms with Crippen molar-refractivity contribution in [3.05, 3.63) is 35.4 Å². The minimum Gasteiger partial charge on any atom is -0.481 e. The van der Waals surface area contributed by atoms with Crippen LogP contribution in [0.25, 0.3) is 0 Å². The number of carboxylic acids is 1. The summed E-state index contributed by atoms with van der Waals surface area (Å²) in [5.74, 6) is 1.61. The zero-order valence-corrected chi connectivity index (χ0v) is 12.3. The molecular weight excluding hydrogens is 252 g/mol. The fourth-order valence-corrected chi connectivity index (χ4v) is 2.13. The van der Waals surface area contributed by atoms with E-state index in [-0.39, 0.29) is 12.7 Å². The zero-order valence-electron chi connectivity index (χ0n) is 12.3. The third kappa shape index (κ3) is 4.11. The maximum Gasteiger partial charge on any atom is 0.313 e. The van der Waals surface area contributed by atoms with E-state index in [0.29, 0.717) is 12.8 Å². The second-order valence-electron chi connectivity index (χ2n) is 5.37. The Bertz CT molecular complexity index is 501. The van der Waals surface area contributed by atoms with Crippen LogP contribution in [0.5, 0.6) is 0 Å². The van der Waals surface area contributed by atoms with Crippen LogP contribution in [0.1, 0.15) is 37.8 Å². The highest BCUT2D eigenvalue weighted by Gasteiger charge is 2.35. The van der Waals surface area contributed by atoms with Crippen molar-refractivity contribution >= 4 is 5.97 Å². The van der Waals surface area contributed by atoms with E-state index in [1.54, 1.807) is 6.92 Å². The molecule has 0 heterocycles. The monoisotopic (exact) mass is 274 g/mol. The number of carboxylic acid groups (broad SMARTS) is 1. The number of aliphatic carboxylic acids is 1. The lowest BCUT2D eigenvalue weighted by Gasteiger charge is -2.27. The fourth-order valence-electron chi connectivity index (χ4n) is 2.13. The van der Waals surface area contributed by atoms with Crippen molar-refractivity contribution < 1.29 is 14.6 Å². The molecule has 2 atom stereocenters. The maximum atomic E-state index is 11.7. The van der Waals surface area contributed by atoms with Crippen LogP contribution >= 0.6 is 0 Å². The van der Waals surface area contributed by atoms with Crippen LogP contribution < -0.4 is 0 Å². The number of rotatable bonds is 7. The van der Waals surface area contributed by atoms with Gasteiger partial charge in [-0.05, 0) is 39.2 Å². The number of carbonyl (C=O) groups is 1. The molecule has 0 aromatic heterocycles. The summed E-state index contributed by atoms with van der Waals surface area (Å²) in [5.41, 5.74) is 0.987. The number of terminal acetylenes is 1. The van der Waals surface area contributed by atoms with Crippen molar-refractivity contribution in [3.63, 3.8) is 0 Å². The summed E-state index contributed by atoms with van der Waals surface area (Å²) < 4.78 is 5.40. The van der Waals surface area contributed by atoms with Gasteiger partial charge in [0.2, 0.25) is 0 Å². The Morgan fingerprint density at radius 1 is 1.55 bits per heavy atom. The average molecular weight is 274 g/mol. The quantitative estimate of drug-likeness (QED) is 0.777. The lowest BCUT2D eigenvalue weighted by atomic mass is 9.77. The van der Waals surface area contributed by atoms with Gasteiger partial charge in [-0.15, -0.1) is 6.42 Å². The minimum absolute atomic E-state index is 0.0467. The van der Waals surface area contributed by atoms with Gasteiger partial charge in [0.25, 0.3) is 0 Å². The number of hydrogen-bond acceptors (Lipinski definition) is 2. The number of ether oxygens (including phenoxy) is 1. The summed E-state index contributed by atoms with van der Waals surface area (Å²) in [6, 6.07) is 7.66. The van der Waals surface area contributed by atoms with E-state index < -0.39 is 11.4 Å². The largest absolute Gasteiger partial charge is 0.481 e. The SMILES string of the molecule is C#CCOC(C)CCC(C)(C(=O)O)c1cccc(C)c1. The minimum atomic E-state index is -0.903. The van der Waals surface area contributed by atoms with E-state index in [0.717, 1.165) is 11.1 Å². The van der Waals surface area contributed by atoms with E-state index >= 15 is 0 Å². The Hall–Kier alpha value is -1.79. The summed E-state index contributed by atoms with van der Waals surface area (Å²) in [5, 5.41) is 9.59. The van der Waals surface area contributed by atoms with Crippen LogP contribution in [0, 0.1) is 19.3 Å². The van der Waals surface area contributed by atoms with Gasteiger partial charge in [-0.2, -0.15) is 0 Å². The highest BCUT2D eigenvalue weighted by molar-refractivity contribution is 5.80. The van der Waals surface area contributed by atoms with Gasteiger partial charge in [0.1, 0.15) is 6.61 Å². The first-order valence-corrected chi connectivity index (χ1v) is 6.75. The molecule has 1 aromatic rings. The van der Waals surface area contributed by atoms with E-state index in [1.807, 2.05) is 38.1 Å². The highest BCUT2D eigenvalue weighted by Crippen LogP contribution is 2.31. The Balaban J connectivity index is 2.83. The molecule has 1 rings (SSSR count). The van der Waals surface area contributed by atoms with Gasteiger partial charge in [0, 0.05) is 0 Å². The molecule has 108 valence electrons. The number of hydrogen-bond donors (Lipinski definition) is 1. The first-order valence-electron chi connectivity index (χ1n) is 6.75. The molecule has 3 heteroatoms. The highest BCUT2D eigenvalue weighted by atomic mass is 16.5. The molecular formula is C17H22O3. The lowest BCUT2D eigenvalue weighted by molar-refractivity contribution is -0.143. The first kappa shape index (κ1) is 16.3. The summed E-state index contributed by atoms with van der Waals surface area (Å²) in [6.07, 6.45) is 6.26. The molecule has 0 aliphatic carbocycles. The van der Waals surface area contributed by atoms with Crippen molar-refractivity contribution in [2.75, 3.05) is 6.61 Å². The topological polar surface area (TPSA) is 46.5 Å². The molecule has 0 saturated carbocycles. The Labute approximate surface area is 121 Å². The molecule has 1 aromatic carbocycles. The molecule has 1 N–H and O–H groups in total. The molecule has 0 aliphatic rings. The Morgan fingerprint density at radius 3 is 2.80 bits per heavy atom. The Kier molecular flexibility index (Phi) is 5.79. The fraction of sp³-hybridized carbons (Fsp3) is 0.471. The molecule has 0 spiro atoms. The lowest BCUT2D eigenvalue weighted by Crippen LogP contribution is -2.33. The van der Waals surface area contributed by atoms with Gasteiger partial charge in [0.15, 0.2) is 0 Å². The summed E-state index contributed by atoms with van der Waals surface area (Å²) >= 11 is 0. The smallest absolute Gasteiger partial charge is 0.313 e. The van der Waals surface area contributed by atoms with Crippen molar-refractivity contribution in [2.45, 2.75) is 45.1 Å². The second-order valence-corrected chi connectivity index (χ2v) is 5.37. The zero-order chi connectivity index (χ0) is 15.2. The molecule has 0 bridgehead atoms. The second kappa shape index (κ2) is 7.12. The van der Waals surface area contributed by atoms with E-state index in [4.69, 9.17) is 11.2 Å². The number of benzene rings is 1. The number of aryl methyl sites for hydroxylation is 1. The van der Waals surface area contributed by atoms with Gasteiger partial charge < -0.3 is 9.84 Å². The summed E-state index contributed by atoms with van der Waals surface area (Å²) in [7, 11) is 0. The first-order chi connectivity index (χ1) is 9.40. The standard InChI is InChI=1S/C17H22O3/c1-5-11-20-14(3)9-10-17(4,16(18)19)15-8-6-7-13(2)12-15/h1,6-8,12,14H,9-11H2,2-4H3,(H,18,19). The van der Waals surface area contributed by atoms with Crippen LogP contribution in [0.4, 0.5) is 0 Å². The molecule has 0 saturated heterocycles. The molecule has 0 fully saturated rings. The molecule has 0 amide bonds. The molecule has 0 aliphatic heterocycles. The predicted octanol–water partition coefficient (Wildman–Crippen LogP) is 3.16. The van der Waals surface area contributed by atoms with Crippen molar-refractivity contribution in [1.29, 1.82) is 0 Å². The van der Waals surface area contributed by atoms with Crippen LogP contribution in [0.2, 0.25) is 0 Å². The van der Waals surface area contributed by atoms with Crippen molar-refractivity contribution in [2.24, 2.45) is 0 Å². The average Bonchev–Trinajstić information content (AvgIpc) is 2.42. The van der Waals surface area contributed by atoms with Gasteiger partial charge in [0.05, 0.1) is 11.5 Å². The normalized spacial score (nSPS) is 15.1. The van der Waals surface area contributed by atoms with Crippen LogP contribution in [0.3, 0.4) is 0 Å². The van der Waals surface area contributed by atoms with Gasteiger partial charge in [-0.3, -0.25) is 4.79 Å². The van der Waals surface area contributed by atoms with Crippen LogP contribution in [-0.2, 0) is 14.9 Å². The van der Waals surface area contributed by atoms with E-state index in [1.165, 1.54) is 0 Å². The van der Waals surface area contributed by atoms with Gasteiger partial charge in [-0.25, -0.2) is 0 Å². The molecule has 2 unspecified atom stereocenters. The third-order valence-electron chi connectivity index (χ3n) is 3.63. The predicted molar refractivity (Wildman–Crippen MR) is 79.6 cm³/mol. The van der Waals surface area contributed by atoms with E-state index in [9.17, 15) is 9.90 Å². The van der Waals surface area contributed by atoms with E-state index in [2.05, 4.69) is 5.92 Å². The van der Waals surface area contributed by atoms with Crippen molar-refractivity contribution in [3.8, 4) is 12.3 Å². The van der Waals surface area contributed by atoms with Gasteiger partial charge in [-0.1, -0.05) is 35.7 Å². The molecule has 20 heavy (non-hydrogen) atoms. The van der Waals surface area contributed by atoms with Gasteiger partial charge >= 0.3 is 5.97 Å². The molecule has 0 radical (unpaired) electrons. The third-order valence-corrected chi connectivity index (χ3v) is 3.63.